The lowest BCUT2D eigenvalue weighted by atomic mass is 10.1. The van der Waals surface area contributed by atoms with E-state index in [0.29, 0.717) is 11.1 Å². The van der Waals surface area contributed by atoms with Gasteiger partial charge in [0, 0.05) is 26.0 Å². The molecule has 0 radical (unpaired) electrons. The molecule has 1 aromatic rings. The van der Waals surface area contributed by atoms with Gasteiger partial charge in [-0.25, -0.2) is 0 Å². The van der Waals surface area contributed by atoms with Crippen LogP contribution in [0.1, 0.15) is 35.7 Å². The molecule has 18 heavy (non-hydrogen) atoms. The molecule has 1 aromatic heterocycles. The first kappa shape index (κ1) is 14.2. The van der Waals surface area contributed by atoms with E-state index in [1.54, 1.807) is 30.4 Å². The van der Waals surface area contributed by atoms with Crippen LogP contribution in [0.25, 0.3) is 0 Å². The van der Waals surface area contributed by atoms with Crippen molar-refractivity contribution in [3.05, 3.63) is 29.6 Å². The second kappa shape index (κ2) is 7.46. The second-order valence-electron chi connectivity index (χ2n) is 4.01. The highest BCUT2D eigenvalue weighted by molar-refractivity contribution is 5.96. The van der Waals surface area contributed by atoms with Crippen molar-refractivity contribution in [2.24, 2.45) is 5.73 Å². The van der Waals surface area contributed by atoms with Gasteiger partial charge < -0.3 is 10.6 Å². The summed E-state index contributed by atoms with van der Waals surface area (Å²) in [6, 6.07) is 1.70. The zero-order valence-corrected chi connectivity index (χ0v) is 10.9. The first-order valence-corrected chi connectivity index (χ1v) is 6.09. The van der Waals surface area contributed by atoms with Gasteiger partial charge in [0.1, 0.15) is 0 Å². The summed E-state index contributed by atoms with van der Waals surface area (Å²) < 4.78 is 0. The Bertz CT molecular complexity index is 460. The minimum atomic E-state index is -0.0211. The van der Waals surface area contributed by atoms with Crippen molar-refractivity contribution in [3.8, 4) is 11.8 Å². The molecule has 1 amide bonds. The number of amides is 1. The highest BCUT2D eigenvalue weighted by atomic mass is 16.2. The van der Waals surface area contributed by atoms with Gasteiger partial charge in [-0.3, -0.25) is 9.78 Å². The normalized spacial score (nSPS) is 9.50. The van der Waals surface area contributed by atoms with E-state index in [-0.39, 0.29) is 12.5 Å². The Hall–Kier alpha value is -1.86. The van der Waals surface area contributed by atoms with Crippen molar-refractivity contribution in [2.45, 2.75) is 19.8 Å². The minimum absolute atomic E-state index is 0.0211. The molecule has 0 bridgehead atoms. The quantitative estimate of drug-likeness (QED) is 0.812. The number of hydrogen-bond donors (Lipinski definition) is 1. The molecule has 2 N–H and O–H groups in total. The fourth-order valence-corrected chi connectivity index (χ4v) is 1.53. The van der Waals surface area contributed by atoms with E-state index in [1.165, 1.54) is 0 Å². The van der Waals surface area contributed by atoms with Crippen LogP contribution in [0.3, 0.4) is 0 Å². The number of hydrogen-bond acceptors (Lipinski definition) is 3. The Morgan fingerprint density at radius 1 is 1.56 bits per heavy atom. The van der Waals surface area contributed by atoms with E-state index in [0.717, 1.165) is 19.4 Å². The number of nitrogens with zero attached hydrogens (tertiary/aromatic N) is 2. The Morgan fingerprint density at radius 3 is 3.00 bits per heavy atom. The lowest BCUT2D eigenvalue weighted by Crippen LogP contribution is -2.28. The fraction of sp³-hybridized carbons (Fsp3) is 0.429. The standard InChI is InChI=1S/C14H19N3O/c1-3-4-10-17(2)14(18)13-7-9-16-11-12(13)6-5-8-15/h7,9,11H,3-4,8,10,15H2,1-2H3. The zero-order chi connectivity index (χ0) is 13.4. The third-order valence-corrected chi connectivity index (χ3v) is 2.57. The Balaban J connectivity index is 2.91. The molecule has 0 aromatic carbocycles. The van der Waals surface area contributed by atoms with E-state index < -0.39 is 0 Å². The lowest BCUT2D eigenvalue weighted by Gasteiger charge is -2.17. The third-order valence-electron chi connectivity index (χ3n) is 2.57. The number of carbonyl (C=O) groups is 1. The Kier molecular flexibility index (Phi) is 5.89. The highest BCUT2D eigenvalue weighted by Gasteiger charge is 2.14. The molecule has 0 aliphatic heterocycles. The Morgan fingerprint density at radius 2 is 2.33 bits per heavy atom. The summed E-state index contributed by atoms with van der Waals surface area (Å²) in [5.74, 6) is 5.61. The van der Waals surface area contributed by atoms with Gasteiger partial charge in [0.25, 0.3) is 5.91 Å². The lowest BCUT2D eigenvalue weighted by molar-refractivity contribution is 0.0793. The van der Waals surface area contributed by atoms with Gasteiger partial charge in [-0.15, -0.1) is 0 Å². The monoisotopic (exact) mass is 245 g/mol. The largest absolute Gasteiger partial charge is 0.342 e. The second-order valence-corrected chi connectivity index (χ2v) is 4.01. The number of aromatic nitrogens is 1. The minimum Gasteiger partial charge on any atom is -0.342 e. The predicted molar refractivity (Wildman–Crippen MR) is 72.0 cm³/mol. The summed E-state index contributed by atoms with van der Waals surface area (Å²) in [5.41, 5.74) is 6.56. The van der Waals surface area contributed by atoms with E-state index in [2.05, 4.69) is 23.7 Å². The molecule has 0 spiro atoms. The van der Waals surface area contributed by atoms with Crippen LogP contribution in [0.15, 0.2) is 18.5 Å². The fourth-order valence-electron chi connectivity index (χ4n) is 1.53. The molecule has 4 nitrogen and oxygen atoms in total. The maximum Gasteiger partial charge on any atom is 0.254 e. The number of carbonyl (C=O) groups excluding carboxylic acids is 1. The van der Waals surface area contributed by atoms with Crippen molar-refractivity contribution in [1.29, 1.82) is 0 Å². The van der Waals surface area contributed by atoms with Crippen LogP contribution in [-0.2, 0) is 0 Å². The van der Waals surface area contributed by atoms with Crippen LogP contribution in [0, 0.1) is 11.8 Å². The summed E-state index contributed by atoms with van der Waals surface area (Å²) in [7, 11) is 1.80. The summed E-state index contributed by atoms with van der Waals surface area (Å²) in [6.07, 6.45) is 5.27. The molecule has 0 saturated heterocycles. The molecule has 0 fully saturated rings. The van der Waals surface area contributed by atoms with Crippen molar-refractivity contribution < 1.29 is 4.79 Å². The van der Waals surface area contributed by atoms with Gasteiger partial charge >= 0.3 is 0 Å². The summed E-state index contributed by atoms with van der Waals surface area (Å²) in [5, 5.41) is 0. The van der Waals surface area contributed by atoms with Crippen molar-refractivity contribution in [1.82, 2.24) is 9.88 Å². The molecular weight excluding hydrogens is 226 g/mol. The van der Waals surface area contributed by atoms with Crippen LogP contribution in [0.2, 0.25) is 0 Å². The molecule has 1 rings (SSSR count). The van der Waals surface area contributed by atoms with E-state index in [1.807, 2.05) is 0 Å². The number of nitrogens with two attached hydrogens (primary N) is 1. The Labute approximate surface area is 108 Å². The van der Waals surface area contributed by atoms with Crippen molar-refractivity contribution in [2.75, 3.05) is 20.1 Å². The molecule has 4 heteroatoms. The van der Waals surface area contributed by atoms with Crippen LogP contribution in [-0.4, -0.2) is 35.9 Å². The molecule has 0 unspecified atom stereocenters. The SMILES string of the molecule is CCCCN(C)C(=O)c1ccncc1C#CCN. The maximum atomic E-state index is 12.2. The summed E-state index contributed by atoms with van der Waals surface area (Å²) in [6.45, 7) is 3.12. The average Bonchev–Trinajstić information content (AvgIpc) is 2.42. The number of unbranched alkanes of at least 4 members (excludes halogenated alkanes) is 1. The van der Waals surface area contributed by atoms with E-state index >= 15 is 0 Å². The van der Waals surface area contributed by atoms with Gasteiger partial charge in [-0.05, 0) is 12.5 Å². The highest BCUT2D eigenvalue weighted by Crippen LogP contribution is 2.09. The predicted octanol–water partition coefficient (Wildman–Crippen LogP) is 1.26. The summed E-state index contributed by atoms with van der Waals surface area (Å²) >= 11 is 0. The van der Waals surface area contributed by atoms with Crippen LogP contribution < -0.4 is 5.73 Å². The molecule has 96 valence electrons. The van der Waals surface area contributed by atoms with Crippen LogP contribution in [0.4, 0.5) is 0 Å². The van der Waals surface area contributed by atoms with Gasteiger partial charge in [-0.2, -0.15) is 0 Å². The number of rotatable bonds is 4. The first-order chi connectivity index (χ1) is 8.70. The van der Waals surface area contributed by atoms with Crippen molar-refractivity contribution >= 4 is 5.91 Å². The van der Waals surface area contributed by atoms with E-state index in [9.17, 15) is 4.79 Å². The molecule has 0 saturated carbocycles. The molecule has 0 aliphatic carbocycles. The average molecular weight is 245 g/mol. The zero-order valence-electron chi connectivity index (χ0n) is 10.9. The molecule has 0 aliphatic rings. The smallest absolute Gasteiger partial charge is 0.254 e. The van der Waals surface area contributed by atoms with E-state index in [4.69, 9.17) is 5.73 Å². The molecule has 0 atom stereocenters. The van der Waals surface area contributed by atoms with Crippen molar-refractivity contribution in [3.63, 3.8) is 0 Å². The van der Waals surface area contributed by atoms with Crippen LogP contribution in [0.5, 0.6) is 0 Å². The maximum absolute atomic E-state index is 12.2. The van der Waals surface area contributed by atoms with Gasteiger partial charge in [0.2, 0.25) is 0 Å². The molecule has 1 heterocycles. The topological polar surface area (TPSA) is 59.2 Å². The first-order valence-electron chi connectivity index (χ1n) is 6.09. The third kappa shape index (κ3) is 3.86. The van der Waals surface area contributed by atoms with Crippen LogP contribution >= 0.6 is 0 Å². The van der Waals surface area contributed by atoms with Gasteiger partial charge in [0.05, 0.1) is 17.7 Å². The number of pyridine rings is 1. The van der Waals surface area contributed by atoms with Gasteiger partial charge in [-0.1, -0.05) is 25.2 Å². The van der Waals surface area contributed by atoms with Gasteiger partial charge in [0.15, 0.2) is 0 Å². The molecular formula is C14H19N3O. The summed E-state index contributed by atoms with van der Waals surface area (Å²) in [4.78, 5) is 17.9.